The van der Waals surface area contributed by atoms with E-state index in [2.05, 4.69) is 15.0 Å². The van der Waals surface area contributed by atoms with Gasteiger partial charge in [-0.15, -0.1) is 0 Å². The van der Waals surface area contributed by atoms with E-state index in [4.69, 9.17) is 16.6 Å². The van der Waals surface area contributed by atoms with E-state index in [0.29, 0.717) is 40.5 Å². The molecule has 1 aliphatic heterocycles. The molecule has 6 aromatic rings. The Morgan fingerprint density at radius 2 is 1.36 bits per heavy atom. The molecule has 7 rings (SSSR count). The van der Waals surface area contributed by atoms with Gasteiger partial charge in [-0.1, -0.05) is 31.7 Å². The second-order valence-electron chi connectivity index (χ2n) is 10.1. The molecule has 0 fully saturated rings. The Balaban J connectivity index is 0.000000166. The van der Waals surface area contributed by atoms with E-state index in [1.54, 1.807) is 24.3 Å². The van der Waals surface area contributed by atoms with Gasteiger partial charge < -0.3 is 26.5 Å². The molecule has 1 aliphatic rings. The van der Waals surface area contributed by atoms with Crippen molar-refractivity contribution in [3.8, 4) is 0 Å². The summed E-state index contributed by atoms with van der Waals surface area (Å²) in [5.74, 6) is -2.13. The second-order valence-corrected chi connectivity index (χ2v) is 10.1. The number of rotatable bonds is 4. The molecule has 2 aromatic heterocycles. The monoisotopic (exact) mass is 617 g/mol. The lowest BCUT2D eigenvalue weighted by Crippen LogP contribution is -2.02. The molecule has 11 heteroatoms. The number of aromatic nitrogens is 2. The lowest BCUT2D eigenvalue weighted by Gasteiger charge is -1.99. The van der Waals surface area contributed by atoms with Crippen LogP contribution in [0.2, 0.25) is 0 Å². The van der Waals surface area contributed by atoms with E-state index in [-0.39, 0.29) is 42.8 Å². The fourth-order valence-corrected chi connectivity index (χ4v) is 4.91. The van der Waals surface area contributed by atoms with Crippen LogP contribution in [0.3, 0.4) is 0 Å². The van der Waals surface area contributed by atoms with Gasteiger partial charge in [0.15, 0.2) is 0 Å². The van der Waals surface area contributed by atoms with Gasteiger partial charge in [0.25, 0.3) is 0 Å². The normalized spacial score (nSPS) is 11.5. The fourth-order valence-electron chi connectivity index (χ4n) is 4.91. The van der Waals surface area contributed by atoms with E-state index in [1.165, 1.54) is 48.7 Å². The SMILES string of the molecule is C.Fc1ccc2c(c1)CC(Cc1c[nH]c3c(F)cccc13)=N2.Nc1ccc(F)cc1N.O=C(O)Cc1c[nH]c2c(F)cccc12. The Morgan fingerprint density at radius 1 is 0.778 bits per heavy atom. The molecular formula is C34H31F4N5O2. The van der Waals surface area contributed by atoms with Gasteiger partial charge in [-0.2, -0.15) is 0 Å². The van der Waals surface area contributed by atoms with Gasteiger partial charge in [0.1, 0.15) is 23.3 Å². The van der Waals surface area contributed by atoms with Crippen molar-refractivity contribution in [1.82, 2.24) is 9.97 Å². The van der Waals surface area contributed by atoms with Gasteiger partial charge in [0.2, 0.25) is 0 Å². The molecule has 0 saturated carbocycles. The lowest BCUT2D eigenvalue weighted by atomic mass is 10.0. The summed E-state index contributed by atoms with van der Waals surface area (Å²) in [4.78, 5) is 20.7. The molecule has 3 heterocycles. The number of fused-ring (bicyclic) bond motifs is 3. The summed E-state index contributed by atoms with van der Waals surface area (Å²) in [5, 5.41) is 10.1. The van der Waals surface area contributed by atoms with Crippen molar-refractivity contribution in [2.45, 2.75) is 26.7 Å². The maximum absolute atomic E-state index is 13.7. The van der Waals surface area contributed by atoms with Gasteiger partial charge in [0, 0.05) is 41.7 Å². The Hall–Kier alpha value is -5.58. The quantitative estimate of drug-likeness (QED) is 0.102. The number of nitrogens with two attached hydrogens (primary N) is 2. The van der Waals surface area contributed by atoms with Crippen LogP contribution in [0.5, 0.6) is 0 Å². The van der Waals surface area contributed by atoms with Gasteiger partial charge in [0.05, 0.1) is 34.5 Å². The van der Waals surface area contributed by atoms with Crippen molar-refractivity contribution in [3.05, 3.63) is 125 Å². The number of halogens is 4. The number of carbonyl (C=O) groups is 1. The van der Waals surface area contributed by atoms with E-state index >= 15 is 0 Å². The summed E-state index contributed by atoms with van der Waals surface area (Å²) in [6.45, 7) is 0. The minimum Gasteiger partial charge on any atom is -0.481 e. The number of aliphatic carboxylic acids is 1. The molecule has 0 atom stereocenters. The molecule has 0 radical (unpaired) electrons. The number of nitrogens with zero attached hydrogens (tertiary/aromatic N) is 1. The Kier molecular flexibility index (Phi) is 9.92. The molecule has 7 N–H and O–H groups in total. The van der Waals surface area contributed by atoms with Gasteiger partial charge >= 0.3 is 5.97 Å². The zero-order valence-corrected chi connectivity index (χ0v) is 23.2. The average Bonchev–Trinajstić information content (AvgIpc) is 3.70. The molecule has 232 valence electrons. The summed E-state index contributed by atoms with van der Waals surface area (Å²) < 4.78 is 52.3. The smallest absolute Gasteiger partial charge is 0.307 e. The number of nitrogens with one attached hydrogen (secondary N) is 2. The van der Waals surface area contributed by atoms with Crippen molar-refractivity contribution in [2.75, 3.05) is 11.5 Å². The number of hydrogen-bond acceptors (Lipinski definition) is 4. The molecule has 0 bridgehead atoms. The lowest BCUT2D eigenvalue weighted by molar-refractivity contribution is -0.136. The Labute approximate surface area is 256 Å². The first-order valence-electron chi connectivity index (χ1n) is 13.4. The topological polar surface area (TPSA) is 133 Å². The maximum Gasteiger partial charge on any atom is 0.307 e. The van der Waals surface area contributed by atoms with E-state index in [1.807, 2.05) is 12.3 Å². The first kappa shape index (κ1) is 32.3. The Bertz CT molecular complexity index is 2020. The van der Waals surface area contributed by atoms with Gasteiger partial charge in [-0.05, 0) is 65.2 Å². The summed E-state index contributed by atoms with van der Waals surface area (Å²) in [6, 6.07) is 18.2. The number of aromatic amines is 2. The van der Waals surface area contributed by atoms with Crippen LogP contribution in [0, 0.1) is 23.3 Å². The third-order valence-electron chi connectivity index (χ3n) is 7.00. The molecule has 7 nitrogen and oxygen atoms in total. The van der Waals surface area contributed by atoms with E-state index < -0.39 is 5.97 Å². The first-order valence-corrected chi connectivity index (χ1v) is 13.4. The maximum atomic E-state index is 13.7. The van der Waals surface area contributed by atoms with E-state index in [0.717, 1.165) is 27.9 Å². The van der Waals surface area contributed by atoms with Gasteiger partial charge in [-0.25, -0.2) is 17.6 Å². The molecular weight excluding hydrogens is 586 g/mol. The van der Waals surface area contributed by atoms with Crippen molar-refractivity contribution < 1.29 is 27.5 Å². The summed E-state index contributed by atoms with van der Waals surface area (Å²) in [5.41, 5.74) is 16.5. The highest BCUT2D eigenvalue weighted by molar-refractivity contribution is 5.98. The minimum atomic E-state index is -0.921. The van der Waals surface area contributed by atoms with Crippen LogP contribution in [0.15, 0.2) is 90.2 Å². The molecule has 0 spiro atoms. The first-order chi connectivity index (χ1) is 21.1. The van der Waals surface area contributed by atoms with Crippen LogP contribution in [-0.4, -0.2) is 26.8 Å². The molecule has 45 heavy (non-hydrogen) atoms. The van der Waals surface area contributed by atoms with Crippen LogP contribution in [-0.2, 0) is 24.1 Å². The highest BCUT2D eigenvalue weighted by Gasteiger charge is 2.17. The van der Waals surface area contributed by atoms with Crippen LogP contribution >= 0.6 is 0 Å². The summed E-state index contributed by atoms with van der Waals surface area (Å²) in [6.07, 6.45) is 4.54. The van der Waals surface area contributed by atoms with Crippen LogP contribution in [0.4, 0.5) is 34.6 Å². The number of anilines is 2. The predicted molar refractivity (Wildman–Crippen MR) is 171 cm³/mol. The second kappa shape index (κ2) is 13.8. The third-order valence-corrected chi connectivity index (χ3v) is 7.00. The zero-order valence-electron chi connectivity index (χ0n) is 23.2. The zero-order chi connectivity index (χ0) is 31.4. The van der Waals surface area contributed by atoms with Crippen molar-refractivity contribution in [3.63, 3.8) is 0 Å². The van der Waals surface area contributed by atoms with Crippen LogP contribution < -0.4 is 11.5 Å². The number of carboxylic acids is 1. The number of carboxylic acid groups (broad SMARTS) is 1. The van der Waals surface area contributed by atoms with Crippen LogP contribution in [0.25, 0.3) is 21.8 Å². The van der Waals surface area contributed by atoms with Crippen molar-refractivity contribution >= 4 is 50.5 Å². The molecule has 0 saturated heterocycles. The number of nitrogen functional groups attached to an aromatic ring is 2. The standard InChI is InChI=1S/C17H12F2N2.C10H8FNO2.C6H7FN2.CH4/c18-12-4-5-16-10(6-12)7-13(21-16)8-11-9-20-17-14(11)2-1-3-15(17)19;11-8-3-1-2-7-6(4-9(13)14)5-12-10(7)8;7-4-1-2-5(8)6(9)3-4;/h1-6,9,20H,7-8H2;1-3,5,12H,4H2,(H,13,14);1-3H,8-9H2;1H4. The number of H-pyrrole nitrogens is 2. The number of aliphatic imine (C=N–C) groups is 1. The number of hydrogen-bond donors (Lipinski definition) is 5. The number of para-hydroxylation sites is 2. The molecule has 0 amide bonds. The molecule has 0 aliphatic carbocycles. The molecule has 4 aromatic carbocycles. The highest BCUT2D eigenvalue weighted by Crippen LogP contribution is 2.30. The van der Waals surface area contributed by atoms with Crippen molar-refractivity contribution in [1.29, 1.82) is 0 Å². The number of benzene rings is 4. The van der Waals surface area contributed by atoms with E-state index in [9.17, 15) is 22.4 Å². The average molecular weight is 618 g/mol. The third kappa shape index (κ3) is 7.50. The van der Waals surface area contributed by atoms with Crippen LogP contribution in [0.1, 0.15) is 24.1 Å². The predicted octanol–water partition coefficient (Wildman–Crippen LogP) is 7.88. The fraction of sp³-hybridized carbons (Fsp3) is 0.118. The Morgan fingerprint density at radius 3 is 1.96 bits per heavy atom. The minimum absolute atomic E-state index is 0. The highest BCUT2D eigenvalue weighted by atomic mass is 19.1. The summed E-state index contributed by atoms with van der Waals surface area (Å²) >= 11 is 0. The van der Waals surface area contributed by atoms with Gasteiger partial charge in [-0.3, -0.25) is 9.79 Å². The molecule has 0 unspecified atom stereocenters. The largest absolute Gasteiger partial charge is 0.481 e. The van der Waals surface area contributed by atoms with Crippen molar-refractivity contribution in [2.24, 2.45) is 4.99 Å². The summed E-state index contributed by atoms with van der Waals surface area (Å²) in [7, 11) is 0.